The number of nitrogens with zero attached hydrogens (tertiary/aromatic N) is 1. The van der Waals surface area contributed by atoms with Crippen LogP contribution in [0.4, 0.5) is 0 Å². The first kappa shape index (κ1) is 17.7. The summed E-state index contributed by atoms with van der Waals surface area (Å²) in [6.07, 6.45) is 0. The van der Waals surface area contributed by atoms with E-state index >= 15 is 0 Å². The zero-order chi connectivity index (χ0) is 14.6. The quantitative estimate of drug-likeness (QED) is 0.916. The minimum absolute atomic E-state index is 0. The van der Waals surface area contributed by atoms with E-state index in [9.17, 15) is 4.79 Å². The second kappa shape index (κ2) is 7.59. The number of halogens is 1. The number of nitrogens with two attached hydrogens (primary N) is 1. The van der Waals surface area contributed by atoms with Crippen LogP contribution in [0.5, 0.6) is 0 Å². The van der Waals surface area contributed by atoms with Gasteiger partial charge in [-0.15, -0.1) is 23.7 Å². The van der Waals surface area contributed by atoms with Crippen LogP contribution in [0.1, 0.15) is 24.3 Å². The van der Waals surface area contributed by atoms with E-state index in [0.717, 1.165) is 5.56 Å². The third-order valence-electron chi connectivity index (χ3n) is 3.41. The Kier molecular flexibility index (Phi) is 6.40. The van der Waals surface area contributed by atoms with Crippen molar-refractivity contribution in [3.05, 3.63) is 58.3 Å². The van der Waals surface area contributed by atoms with Crippen LogP contribution in [0.25, 0.3) is 0 Å². The number of rotatable bonds is 5. The molecular formula is C16H21ClN2OS. The highest BCUT2D eigenvalue weighted by Gasteiger charge is 2.33. The number of benzene rings is 1. The third-order valence-corrected chi connectivity index (χ3v) is 4.27. The second-order valence-electron chi connectivity index (χ2n) is 4.97. The first-order valence-electron chi connectivity index (χ1n) is 6.72. The van der Waals surface area contributed by atoms with Crippen molar-refractivity contribution in [1.29, 1.82) is 0 Å². The van der Waals surface area contributed by atoms with Gasteiger partial charge in [-0.3, -0.25) is 4.79 Å². The molecule has 5 heteroatoms. The Hall–Kier alpha value is -1.36. The lowest BCUT2D eigenvalue weighted by Gasteiger charge is -2.31. The van der Waals surface area contributed by atoms with Crippen molar-refractivity contribution in [1.82, 2.24) is 4.90 Å². The van der Waals surface area contributed by atoms with Crippen molar-refractivity contribution in [2.24, 2.45) is 5.73 Å². The minimum Gasteiger partial charge on any atom is -0.336 e. The maximum atomic E-state index is 12.7. The van der Waals surface area contributed by atoms with Gasteiger partial charge >= 0.3 is 0 Å². The van der Waals surface area contributed by atoms with Crippen LogP contribution in [0.2, 0.25) is 0 Å². The van der Waals surface area contributed by atoms with Crippen molar-refractivity contribution in [2.45, 2.75) is 25.9 Å². The number of carbonyl (C=O) groups excluding carboxylic acids is 1. The van der Waals surface area contributed by atoms with Gasteiger partial charge in [-0.25, -0.2) is 0 Å². The maximum absolute atomic E-state index is 12.7. The Bertz CT molecular complexity index is 555. The average Bonchev–Trinajstić information content (AvgIpc) is 2.98. The van der Waals surface area contributed by atoms with Gasteiger partial charge in [-0.05, 0) is 30.9 Å². The van der Waals surface area contributed by atoms with E-state index in [1.807, 2.05) is 54.8 Å². The third kappa shape index (κ3) is 4.06. The Morgan fingerprint density at radius 2 is 1.90 bits per heavy atom. The lowest BCUT2D eigenvalue weighted by Crippen LogP contribution is -2.50. The highest BCUT2D eigenvalue weighted by molar-refractivity contribution is 7.09. The molecule has 0 radical (unpaired) electrons. The molecule has 0 aliphatic carbocycles. The van der Waals surface area contributed by atoms with Gasteiger partial charge in [0.25, 0.3) is 0 Å². The molecule has 0 bridgehead atoms. The molecule has 2 N–H and O–H groups in total. The summed E-state index contributed by atoms with van der Waals surface area (Å²) < 4.78 is 0. The monoisotopic (exact) mass is 324 g/mol. The molecule has 2 rings (SSSR count). The van der Waals surface area contributed by atoms with Crippen LogP contribution in [-0.4, -0.2) is 17.4 Å². The van der Waals surface area contributed by atoms with Gasteiger partial charge in [0.05, 0.1) is 6.54 Å². The molecule has 114 valence electrons. The molecule has 1 aromatic heterocycles. The summed E-state index contributed by atoms with van der Waals surface area (Å²) in [5.41, 5.74) is 6.15. The standard InChI is InChI=1S/C16H20N2OS.ClH/c1-3-18(12-14-10-7-11-20-14)15(19)16(2,17)13-8-5-4-6-9-13;/h4-11H,3,12,17H2,1-2H3;1H. The van der Waals surface area contributed by atoms with E-state index in [0.29, 0.717) is 13.1 Å². The molecular weight excluding hydrogens is 304 g/mol. The van der Waals surface area contributed by atoms with Crippen molar-refractivity contribution in [3.63, 3.8) is 0 Å². The number of likely N-dealkylation sites (N-methyl/N-ethyl adjacent to an activating group) is 1. The molecule has 1 unspecified atom stereocenters. The fraction of sp³-hybridized carbons (Fsp3) is 0.312. The number of amides is 1. The largest absolute Gasteiger partial charge is 0.336 e. The van der Waals surface area contributed by atoms with Crippen LogP contribution in [0, 0.1) is 0 Å². The molecule has 3 nitrogen and oxygen atoms in total. The predicted molar refractivity (Wildman–Crippen MR) is 90.6 cm³/mol. The van der Waals surface area contributed by atoms with Crippen LogP contribution in [-0.2, 0) is 16.9 Å². The summed E-state index contributed by atoms with van der Waals surface area (Å²) in [6.45, 7) is 5.03. The lowest BCUT2D eigenvalue weighted by atomic mass is 9.91. The van der Waals surface area contributed by atoms with Crippen LogP contribution in [0.3, 0.4) is 0 Å². The molecule has 0 aliphatic rings. The van der Waals surface area contributed by atoms with Gasteiger partial charge in [0.1, 0.15) is 5.54 Å². The molecule has 2 aromatic rings. The van der Waals surface area contributed by atoms with Crippen LogP contribution < -0.4 is 5.73 Å². The molecule has 0 saturated heterocycles. The predicted octanol–water partition coefficient (Wildman–Crippen LogP) is 3.39. The second-order valence-corrected chi connectivity index (χ2v) is 6.00. The molecule has 0 fully saturated rings. The van der Waals surface area contributed by atoms with E-state index in [1.165, 1.54) is 4.88 Å². The topological polar surface area (TPSA) is 46.3 Å². The van der Waals surface area contributed by atoms with Crippen molar-refractivity contribution in [2.75, 3.05) is 6.54 Å². The minimum atomic E-state index is -0.992. The Morgan fingerprint density at radius 1 is 1.24 bits per heavy atom. The zero-order valence-corrected chi connectivity index (χ0v) is 13.9. The van der Waals surface area contributed by atoms with E-state index in [-0.39, 0.29) is 18.3 Å². The summed E-state index contributed by atoms with van der Waals surface area (Å²) in [5.74, 6) is -0.0420. The van der Waals surface area contributed by atoms with E-state index < -0.39 is 5.54 Å². The van der Waals surface area contributed by atoms with Crippen molar-refractivity contribution >= 4 is 29.7 Å². The molecule has 1 amide bonds. The van der Waals surface area contributed by atoms with Gasteiger partial charge in [0.15, 0.2) is 0 Å². The SMILES string of the molecule is CCN(Cc1cccs1)C(=O)C(C)(N)c1ccccc1.Cl. The fourth-order valence-corrected chi connectivity index (χ4v) is 2.87. The Balaban J connectivity index is 0.00000220. The van der Waals surface area contributed by atoms with Gasteiger partial charge in [0, 0.05) is 11.4 Å². The Morgan fingerprint density at radius 3 is 2.43 bits per heavy atom. The first-order chi connectivity index (χ1) is 9.55. The highest BCUT2D eigenvalue weighted by atomic mass is 35.5. The van der Waals surface area contributed by atoms with E-state index in [4.69, 9.17) is 5.73 Å². The van der Waals surface area contributed by atoms with E-state index in [2.05, 4.69) is 0 Å². The van der Waals surface area contributed by atoms with Crippen molar-refractivity contribution < 1.29 is 4.79 Å². The summed E-state index contributed by atoms with van der Waals surface area (Å²) in [7, 11) is 0. The number of hydrogen-bond donors (Lipinski definition) is 1. The molecule has 1 atom stereocenters. The fourth-order valence-electron chi connectivity index (χ4n) is 2.15. The number of carbonyl (C=O) groups is 1. The summed E-state index contributed by atoms with van der Waals surface area (Å²) in [4.78, 5) is 15.7. The highest BCUT2D eigenvalue weighted by Crippen LogP contribution is 2.22. The molecule has 1 heterocycles. The number of hydrogen-bond acceptors (Lipinski definition) is 3. The average molecular weight is 325 g/mol. The normalized spacial score (nSPS) is 13.1. The molecule has 21 heavy (non-hydrogen) atoms. The van der Waals surface area contributed by atoms with Gasteiger partial charge in [-0.2, -0.15) is 0 Å². The van der Waals surface area contributed by atoms with E-state index in [1.54, 1.807) is 23.2 Å². The molecule has 1 aromatic carbocycles. The molecule has 0 spiro atoms. The molecule has 0 saturated carbocycles. The van der Waals surface area contributed by atoms with Gasteiger partial charge < -0.3 is 10.6 Å². The molecule has 0 aliphatic heterocycles. The zero-order valence-electron chi connectivity index (χ0n) is 12.3. The smallest absolute Gasteiger partial charge is 0.247 e. The van der Waals surface area contributed by atoms with Gasteiger partial charge in [-0.1, -0.05) is 36.4 Å². The number of thiophene rings is 1. The summed E-state index contributed by atoms with van der Waals surface area (Å²) in [6, 6.07) is 13.6. The lowest BCUT2D eigenvalue weighted by molar-refractivity contribution is -0.137. The first-order valence-corrected chi connectivity index (χ1v) is 7.60. The maximum Gasteiger partial charge on any atom is 0.247 e. The van der Waals surface area contributed by atoms with Crippen LogP contribution in [0.15, 0.2) is 47.8 Å². The Labute approximate surface area is 136 Å². The van der Waals surface area contributed by atoms with Gasteiger partial charge in [0.2, 0.25) is 5.91 Å². The van der Waals surface area contributed by atoms with Crippen LogP contribution >= 0.6 is 23.7 Å². The summed E-state index contributed by atoms with van der Waals surface area (Å²) in [5, 5.41) is 2.02. The summed E-state index contributed by atoms with van der Waals surface area (Å²) >= 11 is 1.66. The van der Waals surface area contributed by atoms with Crippen molar-refractivity contribution in [3.8, 4) is 0 Å².